The minimum atomic E-state index is -0.671. The number of ketones is 1. The molecule has 0 saturated carbocycles. The molecule has 36 heavy (non-hydrogen) atoms. The summed E-state index contributed by atoms with van der Waals surface area (Å²) in [7, 11) is 0. The summed E-state index contributed by atoms with van der Waals surface area (Å²) in [5.74, 6) is -0.287. The number of nitrogens with zero attached hydrogens (tertiary/aromatic N) is 5. The Bertz CT molecular complexity index is 1290. The van der Waals surface area contributed by atoms with Gasteiger partial charge in [-0.2, -0.15) is 4.52 Å². The average molecular weight is 496 g/mol. The summed E-state index contributed by atoms with van der Waals surface area (Å²) >= 11 is 0. The van der Waals surface area contributed by atoms with Gasteiger partial charge in [0.25, 0.3) is 5.91 Å². The van der Waals surface area contributed by atoms with Gasteiger partial charge in [0.15, 0.2) is 11.4 Å². The molecule has 1 aliphatic heterocycles. The minimum absolute atomic E-state index is 0.0169. The summed E-state index contributed by atoms with van der Waals surface area (Å²) in [6, 6.07) is 5.24. The molecule has 0 aliphatic carbocycles. The highest BCUT2D eigenvalue weighted by Crippen LogP contribution is 2.31. The molecule has 4 N–H and O–H groups in total. The fraction of sp³-hybridized carbons (Fsp3) is 0.417. The van der Waals surface area contributed by atoms with Crippen LogP contribution in [0.1, 0.15) is 54.6 Å². The first-order valence-electron chi connectivity index (χ1n) is 11.5. The number of carbonyl (C=O) groups excluding carboxylic acids is 2. The molecule has 12 heteroatoms. The maximum Gasteiger partial charge on any atom is 0.253 e. The largest absolute Gasteiger partial charge is 0.470 e. The lowest BCUT2D eigenvalue weighted by atomic mass is 9.88. The van der Waals surface area contributed by atoms with Crippen molar-refractivity contribution in [2.45, 2.75) is 45.3 Å². The third-order valence-electron chi connectivity index (χ3n) is 5.61. The first kappa shape index (κ1) is 25.2. The van der Waals surface area contributed by atoms with Crippen molar-refractivity contribution in [2.75, 3.05) is 19.8 Å². The van der Waals surface area contributed by atoms with E-state index in [2.05, 4.69) is 25.6 Å². The van der Waals surface area contributed by atoms with E-state index in [1.807, 2.05) is 20.8 Å². The lowest BCUT2D eigenvalue weighted by Gasteiger charge is -2.22. The van der Waals surface area contributed by atoms with Gasteiger partial charge in [-0.25, -0.2) is 0 Å². The number of carbonyl (C=O) groups is 2. The zero-order chi connectivity index (χ0) is 25.9. The number of amides is 1. The van der Waals surface area contributed by atoms with E-state index in [0.717, 1.165) is 18.1 Å². The maximum absolute atomic E-state index is 12.4. The molecule has 0 aromatic carbocycles. The third-order valence-corrected chi connectivity index (χ3v) is 5.61. The standard InChI is InChI=1S/C24H29N7O5/c1-24(2,3)18-9-20-28-29-21(19(25)8-17(33)11-32)31(20)30-23(18)36-13-15-5-4-14(10-26-15)22(34)27-16-6-7-35-12-16/h4-5,8-10,16,32H,6-7,11-13,25H2,1-3H3,(H,27,34). The SMILES string of the molecule is CC(C)(C)c1cc2nnc(C(N)=CC(=O)CO)n2nc1OCc1ccc(C(=O)NC2CCOC2)cn1. The van der Waals surface area contributed by atoms with Gasteiger partial charge in [-0.3, -0.25) is 14.6 Å². The number of aliphatic hydroxyl groups excluding tert-OH is 1. The highest BCUT2D eigenvalue weighted by Gasteiger charge is 2.24. The van der Waals surface area contributed by atoms with E-state index in [-0.39, 0.29) is 35.5 Å². The Morgan fingerprint density at radius 3 is 2.78 bits per heavy atom. The van der Waals surface area contributed by atoms with Gasteiger partial charge in [-0.1, -0.05) is 20.8 Å². The summed E-state index contributed by atoms with van der Waals surface area (Å²) in [6.45, 7) is 6.64. The quantitative estimate of drug-likeness (QED) is 0.380. The molecule has 0 bridgehead atoms. The number of pyridine rings is 1. The van der Waals surface area contributed by atoms with Gasteiger partial charge in [0, 0.05) is 24.4 Å². The zero-order valence-electron chi connectivity index (χ0n) is 20.4. The third kappa shape index (κ3) is 5.66. The summed E-state index contributed by atoms with van der Waals surface area (Å²) in [6.07, 6.45) is 3.39. The fourth-order valence-electron chi connectivity index (χ4n) is 3.63. The minimum Gasteiger partial charge on any atom is -0.470 e. The first-order chi connectivity index (χ1) is 17.2. The molecule has 0 radical (unpaired) electrons. The molecule has 1 amide bonds. The number of aliphatic hydroxyl groups is 1. The lowest BCUT2D eigenvalue weighted by molar-refractivity contribution is -0.117. The van der Waals surface area contributed by atoms with Crippen LogP contribution in [-0.2, 0) is 21.6 Å². The summed E-state index contributed by atoms with van der Waals surface area (Å²) < 4.78 is 12.7. The van der Waals surface area contributed by atoms with E-state index in [1.54, 1.807) is 18.2 Å². The molecule has 12 nitrogen and oxygen atoms in total. The van der Waals surface area contributed by atoms with E-state index in [4.69, 9.17) is 20.3 Å². The Hall–Kier alpha value is -3.90. The van der Waals surface area contributed by atoms with Crippen LogP contribution in [0, 0.1) is 0 Å². The Morgan fingerprint density at radius 1 is 1.33 bits per heavy atom. The smallest absolute Gasteiger partial charge is 0.253 e. The molecule has 4 heterocycles. The number of hydrogen-bond donors (Lipinski definition) is 3. The zero-order valence-corrected chi connectivity index (χ0v) is 20.4. The number of nitrogens with two attached hydrogens (primary N) is 1. The number of nitrogens with one attached hydrogen (secondary N) is 1. The monoisotopic (exact) mass is 495 g/mol. The molecular weight excluding hydrogens is 466 g/mol. The lowest BCUT2D eigenvalue weighted by Crippen LogP contribution is -2.35. The van der Waals surface area contributed by atoms with Crippen molar-refractivity contribution >= 4 is 23.0 Å². The van der Waals surface area contributed by atoms with Crippen LogP contribution in [0.3, 0.4) is 0 Å². The van der Waals surface area contributed by atoms with Gasteiger partial charge >= 0.3 is 0 Å². The highest BCUT2D eigenvalue weighted by molar-refractivity contribution is 5.96. The van der Waals surface area contributed by atoms with Crippen molar-refractivity contribution in [3.63, 3.8) is 0 Å². The predicted molar refractivity (Wildman–Crippen MR) is 129 cm³/mol. The van der Waals surface area contributed by atoms with Crippen LogP contribution in [0.5, 0.6) is 5.88 Å². The van der Waals surface area contributed by atoms with Crippen LogP contribution < -0.4 is 15.8 Å². The van der Waals surface area contributed by atoms with Crippen LogP contribution in [0.2, 0.25) is 0 Å². The molecule has 1 aliphatic rings. The second-order valence-corrected chi connectivity index (χ2v) is 9.49. The Kier molecular flexibility index (Phi) is 7.27. The second-order valence-electron chi connectivity index (χ2n) is 9.49. The van der Waals surface area contributed by atoms with Gasteiger partial charge in [0.2, 0.25) is 11.7 Å². The molecule has 1 atom stereocenters. The second kappa shape index (κ2) is 10.4. The molecule has 4 rings (SSSR count). The van der Waals surface area contributed by atoms with Gasteiger partial charge in [-0.05, 0) is 30.0 Å². The predicted octanol–water partition coefficient (Wildman–Crippen LogP) is 0.776. The van der Waals surface area contributed by atoms with Crippen LogP contribution in [0.15, 0.2) is 30.5 Å². The molecule has 3 aromatic heterocycles. The molecule has 3 aromatic rings. The maximum atomic E-state index is 12.4. The van der Waals surface area contributed by atoms with Crippen molar-refractivity contribution in [3.8, 4) is 5.88 Å². The van der Waals surface area contributed by atoms with Crippen LogP contribution >= 0.6 is 0 Å². The van der Waals surface area contributed by atoms with Crippen molar-refractivity contribution in [1.82, 2.24) is 30.1 Å². The van der Waals surface area contributed by atoms with E-state index in [9.17, 15) is 9.59 Å². The number of hydrogen-bond acceptors (Lipinski definition) is 10. The number of aromatic nitrogens is 5. The molecule has 190 valence electrons. The Morgan fingerprint density at radius 2 is 2.14 bits per heavy atom. The molecular formula is C24H29N7O5. The summed E-state index contributed by atoms with van der Waals surface area (Å²) in [5.41, 5.74) is 7.95. The van der Waals surface area contributed by atoms with Crippen molar-refractivity contribution in [3.05, 3.63) is 53.1 Å². The van der Waals surface area contributed by atoms with Gasteiger partial charge in [-0.15, -0.1) is 15.3 Å². The van der Waals surface area contributed by atoms with E-state index >= 15 is 0 Å². The number of ether oxygens (including phenoxy) is 2. The van der Waals surface area contributed by atoms with Crippen molar-refractivity contribution in [1.29, 1.82) is 0 Å². The fourth-order valence-corrected chi connectivity index (χ4v) is 3.63. The molecule has 1 fully saturated rings. The number of fused-ring (bicyclic) bond motifs is 1. The topological polar surface area (TPSA) is 167 Å². The normalized spacial score (nSPS) is 16.3. The average Bonchev–Trinajstić information content (AvgIpc) is 3.51. The van der Waals surface area contributed by atoms with E-state index in [0.29, 0.717) is 36.0 Å². The Labute approximate surface area is 207 Å². The van der Waals surface area contributed by atoms with Crippen LogP contribution in [-0.4, -0.2) is 67.5 Å². The van der Waals surface area contributed by atoms with Crippen molar-refractivity contribution < 1.29 is 24.2 Å². The van der Waals surface area contributed by atoms with Gasteiger partial charge in [0.1, 0.15) is 13.2 Å². The van der Waals surface area contributed by atoms with Gasteiger partial charge in [0.05, 0.1) is 29.6 Å². The highest BCUT2D eigenvalue weighted by atomic mass is 16.5. The molecule has 1 unspecified atom stereocenters. The van der Waals surface area contributed by atoms with E-state index in [1.165, 1.54) is 10.7 Å². The van der Waals surface area contributed by atoms with Gasteiger partial charge < -0.3 is 25.6 Å². The van der Waals surface area contributed by atoms with Crippen LogP contribution in [0.25, 0.3) is 11.3 Å². The molecule has 1 saturated heterocycles. The van der Waals surface area contributed by atoms with Crippen molar-refractivity contribution in [2.24, 2.45) is 5.73 Å². The Balaban J connectivity index is 1.55. The van der Waals surface area contributed by atoms with E-state index < -0.39 is 12.4 Å². The summed E-state index contributed by atoms with van der Waals surface area (Å²) in [5, 5.41) is 24.6. The summed E-state index contributed by atoms with van der Waals surface area (Å²) in [4.78, 5) is 28.3. The molecule has 0 spiro atoms. The first-order valence-corrected chi connectivity index (χ1v) is 11.5. The van der Waals surface area contributed by atoms with Crippen LogP contribution in [0.4, 0.5) is 0 Å². The number of rotatable bonds is 8.